The Hall–Kier alpha value is -0.290. The molecule has 0 spiro atoms. The predicted molar refractivity (Wildman–Crippen MR) is 127 cm³/mol. The van der Waals surface area contributed by atoms with E-state index in [2.05, 4.69) is 15.6 Å². The van der Waals surface area contributed by atoms with Crippen molar-refractivity contribution in [3.8, 4) is 0 Å². The van der Waals surface area contributed by atoms with Gasteiger partial charge in [0.15, 0.2) is 15.8 Å². The number of halogens is 3. The smallest absolute Gasteiger partial charge is 0.191 e. The Balaban J connectivity index is 0.00000392. The first-order chi connectivity index (χ1) is 12.7. The van der Waals surface area contributed by atoms with E-state index in [1.54, 1.807) is 6.07 Å². The molecule has 0 saturated carbocycles. The van der Waals surface area contributed by atoms with Crippen LogP contribution in [0.1, 0.15) is 38.3 Å². The number of nitrogens with one attached hydrogen (secondary N) is 2. The standard InChI is InChI=1S/C18H27Cl2N3O3S.HI/c1-4-21-17(23-13(2)14-5-6-15(19)16(20)11-14)22-12-18(27(3,24)25)7-9-26-10-8-18;/h5-6,11,13H,4,7-10,12H2,1-3H3,(H2,21,22,23);1H. The summed E-state index contributed by atoms with van der Waals surface area (Å²) in [6, 6.07) is 5.37. The third-order valence-corrected chi connectivity index (χ3v) is 7.71. The van der Waals surface area contributed by atoms with Gasteiger partial charge in [-0.3, -0.25) is 4.99 Å². The number of ether oxygens (including phenoxy) is 1. The Labute approximate surface area is 194 Å². The molecule has 1 aromatic carbocycles. The van der Waals surface area contributed by atoms with E-state index in [1.165, 1.54) is 6.26 Å². The summed E-state index contributed by atoms with van der Waals surface area (Å²) < 4.78 is 29.3. The van der Waals surface area contributed by atoms with Crippen LogP contribution in [0.3, 0.4) is 0 Å². The van der Waals surface area contributed by atoms with Crippen LogP contribution in [0, 0.1) is 0 Å². The number of sulfone groups is 1. The van der Waals surface area contributed by atoms with Crippen molar-refractivity contribution in [1.82, 2.24) is 10.6 Å². The molecule has 0 amide bonds. The van der Waals surface area contributed by atoms with Gasteiger partial charge in [-0.05, 0) is 44.4 Å². The third-order valence-electron chi connectivity index (χ3n) is 4.86. The van der Waals surface area contributed by atoms with Crippen molar-refractivity contribution in [1.29, 1.82) is 0 Å². The molecule has 28 heavy (non-hydrogen) atoms. The van der Waals surface area contributed by atoms with Gasteiger partial charge in [0, 0.05) is 26.0 Å². The first kappa shape index (κ1) is 25.7. The fraction of sp³-hybridized carbons (Fsp3) is 0.611. The van der Waals surface area contributed by atoms with Crippen LogP contribution in [-0.2, 0) is 14.6 Å². The molecular weight excluding hydrogens is 536 g/mol. The highest BCUT2D eigenvalue weighted by molar-refractivity contribution is 14.0. The molecule has 1 heterocycles. The minimum Gasteiger partial charge on any atom is -0.381 e. The van der Waals surface area contributed by atoms with Gasteiger partial charge in [-0.15, -0.1) is 24.0 Å². The molecule has 1 saturated heterocycles. The lowest BCUT2D eigenvalue weighted by atomic mass is 9.99. The van der Waals surface area contributed by atoms with Crippen LogP contribution in [0.15, 0.2) is 23.2 Å². The lowest BCUT2D eigenvalue weighted by Crippen LogP contribution is -2.47. The Morgan fingerprint density at radius 3 is 2.46 bits per heavy atom. The number of aliphatic imine (C=N–C) groups is 1. The topological polar surface area (TPSA) is 79.8 Å². The zero-order valence-corrected chi connectivity index (χ0v) is 21.0. The molecule has 1 atom stereocenters. The summed E-state index contributed by atoms with van der Waals surface area (Å²) in [5.74, 6) is 0.561. The van der Waals surface area contributed by atoms with Crippen LogP contribution in [0.5, 0.6) is 0 Å². The zero-order chi connectivity index (χ0) is 20.1. The van der Waals surface area contributed by atoms with E-state index in [0.29, 0.717) is 48.6 Å². The summed E-state index contributed by atoms with van der Waals surface area (Å²) in [6.07, 6.45) is 2.20. The molecule has 1 fully saturated rings. The SMILES string of the molecule is CCNC(=NCC1(S(C)(=O)=O)CCOCC1)NC(C)c1ccc(Cl)c(Cl)c1.I. The van der Waals surface area contributed by atoms with Crippen molar-refractivity contribution >= 4 is 63.0 Å². The van der Waals surface area contributed by atoms with Crippen molar-refractivity contribution in [3.63, 3.8) is 0 Å². The molecule has 2 N–H and O–H groups in total. The van der Waals surface area contributed by atoms with Crippen LogP contribution in [0.2, 0.25) is 10.0 Å². The van der Waals surface area contributed by atoms with E-state index in [-0.39, 0.29) is 36.6 Å². The Bertz CT molecular complexity index is 784. The van der Waals surface area contributed by atoms with E-state index in [4.69, 9.17) is 27.9 Å². The van der Waals surface area contributed by atoms with Gasteiger partial charge < -0.3 is 15.4 Å². The van der Waals surface area contributed by atoms with Gasteiger partial charge >= 0.3 is 0 Å². The lowest BCUT2D eigenvalue weighted by Gasteiger charge is -2.34. The maximum Gasteiger partial charge on any atom is 0.191 e. The second-order valence-electron chi connectivity index (χ2n) is 6.80. The van der Waals surface area contributed by atoms with Gasteiger partial charge in [0.05, 0.1) is 27.4 Å². The van der Waals surface area contributed by atoms with Gasteiger partial charge in [-0.25, -0.2) is 8.42 Å². The number of benzene rings is 1. The molecule has 10 heteroatoms. The average molecular weight is 564 g/mol. The maximum absolute atomic E-state index is 12.4. The van der Waals surface area contributed by atoms with Crippen molar-refractivity contribution in [2.24, 2.45) is 4.99 Å². The minimum absolute atomic E-state index is 0. The van der Waals surface area contributed by atoms with Crippen LogP contribution in [-0.4, -0.2) is 51.7 Å². The molecule has 0 aromatic heterocycles. The van der Waals surface area contributed by atoms with Gasteiger partial charge in [0.1, 0.15) is 0 Å². The van der Waals surface area contributed by atoms with Crippen LogP contribution in [0.4, 0.5) is 0 Å². The zero-order valence-electron chi connectivity index (χ0n) is 16.3. The van der Waals surface area contributed by atoms with Crippen molar-refractivity contribution in [3.05, 3.63) is 33.8 Å². The van der Waals surface area contributed by atoms with Crippen molar-refractivity contribution in [2.45, 2.75) is 37.5 Å². The molecule has 1 aliphatic heterocycles. The summed E-state index contributed by atoms with van der Waals surface area (Å²) in [7, 11) is -3.26. The Kier molecular flexibility index (Phi) is 10.3. The molecule has 6 nitrogen and oxygen atoms in total. The average Bonchev–Trinajstić information content (AvgIpc) is 2.62. The predicted octanol–water partition coefficient (Wildman–Crippen LogP) is 3.82. The molecule has 160 valence electrons. The normalized spacial score (nSPS) is 18.1. The van der Waals surface area contributed by atoms with Crippen molar-refractivity contribution < 1.29 is 13.2 Å². The molecule has 1 aromatic rings. The van der Waals surface area contributed by atoms with E-state index in [1.807, 2.05) is 26.0 Å². The largest absolute Gasteiger partial charge is 0.381 e. The van der Waals surface area contributed by atoms with Crippen molar-refractivity contribution in [2.75, 3.05) is 32.6 Å². The summed E-state index contributed by atoms with van der Waals surface area (Å²) in [5, 5.41) is 7.46. The first-order valence-corrected chi connectivity index (χ1v) is 11.6. The molecule has 0 aliphatic carbocycles. The Morgan fingerprint density at radius 2 is 1.93 bits per heavy atom. The minimum atomic E-state index is -3.26. The van der Waals surface area contributed by atoms with E-state index in [9.17, 15) is 8.42 Å². The highest BCUT2D eigenvalue weighted by Crippen LogP contribution is 2.30. The Morgan fingerprint density at radius 1 is 1.29 bits per heavy atom. The maximum atomic E-state index is 12.4. The summed E-state index contributed by atoms with van der Waals surface area (Å²) >= 11 is 12.1. The monoisotopic (exact) mass is 563 g/mol. The number of guanidine groups is 1. The highest BCUT2D eigenvalue weighted by atomic mass is 127. The number of rotatable bonds is 6. The number of hydrogen-bond donors (Lipinski definition) is 2. The van der Waals surface area contributed by atoms with E-state index in [0.717, 1.165) is 5.56 Å². The molecule has 0 bridgehead atoms. The van der Waals surface area contributed by atoms with E-state index < -0.39 is 14.6 Å². The van der Waals surface area contributed by atoms with Gasteiger partial charge in [0.25, 0.3) is 0 Å². The first-order valence-electron chi connectivity index (χ1n) is 8.95. The molecule has 0 radical (unpaired) electrons. The highest BCUT2D eigenvalue weighted by Gasteiger charge is 2.42. The van der Waals surface area contributed by atoms with E-state index >= 15 is 0 Å². The molecule has 1 unspecified atom stereocenters. The van der Waals surface area contributed by atoms with Gasteiger partial charge in [-0.2, -0.15) is 0 Å². The number of nitrogens with zero attached hydrogens (tertiary/aromatic N) is 1. The third kappa shape index (κ3) is 6.62. The fourth-order valence-electron chi connectivity index (χ4n) is 3.00. The summed E-state index contributed by atoms with van der Waals surface area (Å²) in [4.78, 5) is 4.58. The molecule has 1 aliphatic rings. The fourth-order valence-corrected chi connectivity index (χ4v) is 4.52. The second kappa shape index (κ2) is 11.2. The quantitative estimate of drug-likeness (QED) is 0.312. The van der Waals surface area contributed by atoms with Gasteiger partial charge in [0.2, 0.25) is 0 Å². The molecule has 2 rings (SSSR count). The summed E-state index contributed by atoms with van der Waals surface area (Å²) in [6.45, 7) is 5.67. The molecular formula is C18H28Cl2IN3O3S. The van der Waals surface area contributed by atoms with Crippen LogP contribution < -0.4 is 10.6 Å². The lowest BCUT2D eigenvalue weighted by molar-refractivity contribution is 0.0768. The summed E-state index contributed by atoms with van der Waals surface area (Å²) in [5.41, 5.74) is 0.957. The number of hydrogen-bond acceptors (Lipinski definition) is 4. The van der Waals surface area contributed by atoms with Gasteiger partial charge in [-0.1, -0.05) is 29.3 Å². The van der Waals surface area contributed by atoms with Crippen LogP contribution >= 0.6 is 47.2 Å². The van der Waals surface area contributed by atoms with Crippen LogP contribution in [0.25, 0.3) is 0 Å². The second-order valence-corrected chi connectivity index (χ2v) is 10.0.